The third-order valence-electron chi connectivity index (χ3n) is 1.02. The number of halogens is 6. The second kappa shape index (κ2) is 4.12. The minimum Gasteiger partial charge on any atom is -0.455 e. The van der Waals surface area contributed by atoms with E-state index in [9.17, 15) is 26.7 Å². The highest BCUT2D eigenvalue weighted by Crippen LogP contribution is 2.35. The zero-order valence-corrected chi connectivity index (χ0v) is 7.25. The van der Waals surface area contributed by atoms with E-state index < -0.39 is 29.7 Å². The third-order valence-corrected chi connectivity index (χ3v) is 1.18. The summed E-state index contributed by atoms with van der Waals surface area (Å²) >= 11 is 4.88. The van der Waals surface area contributed by atoms with E-state index in [2.05, 4.69) is 11.3 Å². The molecule has 8 heteroatoms. The first-order chi connectivity index (χ1) is 6.08. The van der Waals surface area contributed by atoms with Crippen molar-refractivity contribution < 1.29 is 31.5 Å². The molecule has 82 valence electrons. The predicted molar refractivity (Wildman–Crippen MR) is 37.0 cm³/mol. The summed E-state index contributed by atoms with van der Waals surface area (Å²) in [5.74, 6) is -6.61. The molecule has 0 aromatic carbocycles. The molecular weight excluding hydrogens is 235 g/mol. The van der Waals surface area contributed by atoms with Crippen LogP contribution in [0.15, 0.2) is 11.6 Å². The van der Waals surface area contributed by atoms with Gasteiger partial charge in [0, 0.05) is 0 Å². The largest absolute Gasteiger partial charge is 0.456 e. The Morgan fingerprint density at radius 2 is 1.71 bits per heavy atom. The van der Waals surface area contributed by atoms with Crippen LogP contribution in [0.1, 0.15) is 0 Å². The summed E-state index contributed by atoms with van der Waals surface area (Å²) in [6.07, 6.45) is -5.76. The van der Waals surface area contributed by atoms with Crippen molar-refractivity contribution in [3.05, 3.63) is 11.6 Å². The molecule has 0 saturated carbocycles. The minimum absolute atomic E-state index is 0.775. The predicted octanol–water partition coefficient (Wildman–Crippen LogP) is 2.48. The van der Waals surface area contributed by atoms with Crippen molar-refractivity contribution in [3.8, 4) is 0 Å². The van der Waals surface area contributed by atoms with E-state index in [0.29, 0.717) is 0 Å². The van der Waals surface area contributed by atoms with Crippen molar-refractivity contribution in [2.75, 3.05) is 6.61 Å². The van der Waals surface area contributed by atoms with Crippen molar-refractivity contribution >= 4 is 17.6 Å². The summed E-state index contributed by atoms with van der Waals surface area (Å²) in [5, 5.41) is -0.775. The van der Waals surface area contributed by atoms with Gasteiger partial charge < -0.3 is 4.74 Å². The van der Waals surface area contributed by atoms with Gasteiger partial charge in [-0.05, 0) is 0 Å². The summed E-state index contributed by atoms with van der Waals surface area (Å²) in [6.45, 7) is 0.673. The Balaban J connectivity index is 4.27. The second-order valence-corrected chi connectivity index (χ2v) is 2.64. The Morgan fingerprint density at radius 3 is 2.00 bits per heavy atom. The SMILES string of the molecule is C=C(Cl)C(=O)OCC(F)(F)C(F)(F)F. The molecule has 0 aromatic heterocycles. The number of ether oxygens (including phenoxy) is 1. The lowest BCUT2D eigenvalue weighted by Crippen LogP contribution is -2.41. The van der Waals surface area contributed by atoms with Gasteiger partial charge >= 0.3 is 18.1 Å². The molecule has 14 heavy (non-hydrogen) atoms. The average Bonchev–Trinajstić information content (AvgIpc) is 1.97. The molecule has 0 radical (unpaired) electrons. The number of rotatable bonds is 3. The van der Waals surface area contributed by atoms with Gasteiger partial charge in [-0.25, -0.2) is 4.79 Å². The highest BCUT2D eigenvalue weighted by molar-refractivity contribution is 6.40. The molecule has 0 aromatic rings. The first-order valence-electron chi connectivity index (χ1n) is 3.04. The number of esters is 1. The number of hydrogen-bond donors (Lipinski definition) is 0. The topological polar surface area (TPSA) is 26.3 Å². The lowest BCUT2D eigenvalue weighted by atomic mass is 10.3. The molecular formula is C6H4ClF5O2. The molecule has 0 aliphatic heterocycles. The van der Waals surface area contributed by atoms with Gasteiger partial charge in [0.25, 0.3) is 0 Å². The van der Waals surface area contributed by atoms with E-state index in [4.69, 9.17) is 11.6 Å². The van der Waals surface area contributed by atoms with Crippen LogP contribution in [0.2, 0.25) is 0 Å². The molecule has 0 aliphatic carbocycles. The first-order valence-corrected chi connectivity index (χ1v) is 3.42. The Kier molecular flexibility index (Phi) is 3.87. The second-order valence-electron chi connectivity index (χ2n) is 2.18. The molecule has 0 unspecified atom stereocenters. The number of hydrogen-bond acceptors (Lipinski definition) is 2. The summed E-state index contributed by atoms with van der Waals surface area (Å²) in [5.41, 5.74) is 0. The normalized spacial score (nSPS) is 12.4. The zero-order chi connectivity index (χ0) is 11.6. The molecule has 2 nitrogen and oxygen atoms in total. The van der Waals surface area contributed by atoms with Crippen LogP contribution in [-0.4, -0.2) is 24.7 Å². The van der Waals surface area contributed by atoms with Gasteiger partial charge in [0.05, 0.1) is 0 Å². The fourth-order valence-electron chi connectivity index (χ4n) is 0.316. The lowest BCUT2D eigenvalue weighted by molar-refractivity contribution is -0.293. The van der Waals surface area contributed by atoms with Crippen molar-refractivity contribution in [2.45, 2.75) is 12.1 Å². The maximum Gasteiger partial charge on any atom is 0.456 e. The Labute approximate surface area is 80.3 Å². The van der Waals surface area contributed by atoms with Crippen LogP contribution in [0.3, 0.4) is 0 Å². The summed E-state index contributed by atoms with van der Waals surface area (Å²) in [7, 11) is 0. The highest BCUT2D eigenvalue weighted by atomic mass is 35.5. The maximum atomic E-state index is 12.1. The van der Waals surface area contributed by atoms with Crippen molar-refractivity contribution in [3.63, 3.8) is 0 Å². The van der Waals surface area contributed by atoms with Gasteiger partial charge in [0.1, 0.15) is 5.03 Å². The van der Waals surface area contributed by atoms with Crippen LogP contribution in [0, 0.1) is 0 Å². The van der Waals surface area contributed by atoms with Crippen LogP contribution < -0.4 is 0 Å². The minimum atomic E-state index is -5.76. The van der Waals surface area contributed by atoms with E-state index in [1.165, 1.54) is 0 Å². The smallest absolute Gasteiger partial charge is 0.455 e. The van der Waals surface area contributed by atoms with Gasteiger partial charge in [-0.2, -0.15) is 22.0 Å². The summed E-state index contributed by atoms with van der Waals surface area (Å²) in [4.78, 5) is 10.4. The lowest BCUT2D eigenvalue weighted by Gasteiger charge is -2.18. The Morgan fingerprint density at radius 1 is 1.29 bits per heavy atom. The monoisotopic (exact) mass is 238 g/mol. The summed E-state index contributed by atoms with van der Waals surface area (Å²) < 4.78 is 62.2. The van der Waals surface area contributed by atoms with Gasteiger partial charge in [-0.3, -0.25) is 0 Å². The fourth-order valence-corrected chi connectivity index (χ4v) is 0.371. The Bertz CT molecular complexity index is 247. The molecule has 0 amide bonds. The molecule has 0 atom stereocenters. The van der Waals surface area contributed by atoms with Gasteiger partial charge in [-0.1, -0.05) is 18.2 Å². The van der Waals surface area contributed by atoms with Gasteiger partial charge in [0.15, 0.2) is 6.61 Å². The zero-order valence-electron chi connectivity index (χ0n) is 6.50. The van der Waals surface area contributed by atoms with E-state index in [-0.39, 0.29) is 0 Å². The number of alkyl halides is 5. The highest BCUT2D eigenvalue weighted by Gasteiger charge is 2.58. The van der Waals surface area contributed by atoms with E-state index in [1.54, 1.807) is 0 Å². The van der Waals surface area contributed by atoms with Crippen LogP contribution in [-0.2, 0) is 9.53 Å². The molecule has 0 N–H and O–H groups in total. The number of carbonyl (C=O) groups excluding carboxylic acids is 1. The van der Waals surface area contributed by atoms with Crippen LogP contribution in [0.25, 0.3) is 0 Å². The fraction of sp³-hybridized carbons (Fsp3) is 0.500. The molecule has 0 spiro atoms. The third kappa shape index (κ3) is 3.49. The molecule has 0 bridgehead atoms. The molecule has 0 aliphatic rings. The van der Waals surface area contributed by atoms with Crippen LogP contribution in [0.4, 0.5) is 22.0 Å². The van der Waals surface area contributed by atoms with Crippen molar-refractivity contribution in [1.82, 2.24) is 0 Å². The number of carbonyl (C=O) groups is 1. The van der Waals surface area contributed by atoms with Gasteiger partial charge in [-0.15, -0.1) is 0 Å². The molecule has 0 fully saturated rings. The molecule has 0 rings (SSSR count). The quantitative estimate of drug-likeness (QED) is 0.429. The summed E-state index contributed by atoms with van der Waals surface area (Å²) in [6, 6.07) is 0. The van der Waals surface area contributed by atoms with E-state index in [0.717, 1.165) is 0 Å². The average molecular weight is 239 g/mol. The van der Waals surface area contributed by atoms with Crippen molar-refractivity contribution in [1.29, 1.82) is 0 Å². The molecule has 0 saturated heterocycles. The van der Waals surface area contributed by atoms with Crippen LogP contribution in [0.5, 0.6) is 0 Å². The van der Waals surface area contributed by atoms with Crippen molar-refractivity contribution in [2.24, 2.45) is 0 Å². The maximum absolute atomic E-state index is 12.1. The van der Waals surface area contributed by atoms with Crippen LogP contribution >= 0.6 is 11.6 Å². The van der Waals surface area contributed by atoms with Gasteiger partial charge in [0.2, 0.25) is 0 Å². The standard InChI is InChI=1S/C6H4ClF5O2/c1-3(7)4(13)14-2-5(8,9)6(10,11)12/h1-2H2. The Hall–Kier alpha value is -0.850. The first kappa shape index (κ1) is 13.2. The molecule has 0 heterocycles. The van der Waals surface area contributed by atoms with E-state index >= 15 is 0 Å². The van der Waals surface area contributed by atoms with E-state index in [1.807, 2.05) is 0 Å².